The second-order valence-electron chi connectivity index (χ2n) is 5.43. The Morgan fingerprint density at radius 3 is 2.34 bits per heavy atom. The molecular weight excluding hydrogens is 438 g/mol. The molecule has 0 unspecified atom stereocenters. The fraction of sp³-hybridized carbons (Fsp3) is 0.167. The van der Waals surface area contributed by atoms with Crippen LogP contribution in [0.4, 0.5) is 18.9 Å². The number of hydrogen-bond acceptors (Lipinski definition) is 5. The molecule has 2 rings (SSSR count). The van der Waals surface area contributed by atoms with Crippen LogP contribution in [0.2, 0.25) is 10.0 Å². The largest absolute Gasteiger partial charge is 0.463 e. The van der Waals surface area contributed by atoms with E-state index in [1.807, 2.05) is 0 Å². The molecule has 0 saturated heterocycles. The number of carbonyl (C=O) groups is 1. The lowest BCUT2D eigenvalue weighted by Crippen LogP contribution is -2.05. The van der Waals surface area contributed by atoms with Crippen molar-refractivity contribution >= 4 is 40.9 Å². The van der Waals surface area contributed by atoms with Gasteiger partial charge in [0, 0.05) is 12.1 Å². The Kier molecular flexibility index (Phi) is 7.10. The predicted octanol–water partition coefficient (Wildman–Crippen LogP) is 6.29. The average molecular weight is 450 g/mol. The van der Waals surface area contributed by atoms with Crippen molar-refractivity contribution < 1.29 is 32.4 Å². The molecule has 0 aromatic heterocycles. The van der Waals surface area contributed by atoms with Crippen LogP contribution in [-0.4, -0.2) is 17.5 Å². The summed E-state index contributed by atoms with van der Waals surface area (Å²) >= 11 is 11.7. The highest BCUT2D eigenvalue weighted by Crippen LogP contribution is 2.42. The van der Waals surface area contributed by atoms with Gasteiger partial charge in [-0.3, -0.25) is 10.1 Å². The number of rotatable bonds is 6. The summed E-state index contributed by atoms with van der Waals surface area (Å²) in [5, 5.41) is 10.4. The highest BCUT2D eigenvalue weighted by molar-refractivity contribution is 6.37. The first-order chi connectivity index (χ1) is 13.5. The van der Waals surface area contributed by atoms with Gasteiger partial charge in [0.1, 0.15) is 5.75 Å². The van der Waals surface area contributed by atoms with Gasteiger partial charge in [0.2, 0.25) is 0 Å². The van der Waals surface area contributed by atoms with Crippen LogP contribution in [0.15, 0.2) is 36.4 Å². The topological polar surface area (TPSA) is 78.7 Å². The monoisotopic (exact) mass is 449 g/mol. The number of ether oxygens (including phenoxy) is 2. The Morgan fingerprint density at radius 2 is 1.83 bits per heavy atom. The minimum atomic E-state index is -4.65. The zero-order valence-corrected chi connectivity index (χ0v) is 16.1. The van der Waals surface area contributed by atoms with Crippen LogP contribution in [0.1, 0.15) is 18.1 Å². The summed E-state index contributed by atoms with van der Waals surface area (Å²) in [4.78, 5) is 21.9. The van der Waals surface area contributed by atoms with E-state index in [9.17, 15) is 28.1 Å². The number of alkyl halides is 3. The average Bonchev–Trinajstić information content (AvgIpc) is 2.62. The van der Waals surface area contributed by atoms with Gasteiger partial charge in [0.25, 0.3) is 5.69 Å². The zero-order chi connectivity index (χ0) is 21.8. The molecule has 0 spiro atoms. The van der Waals surface area contributed by atoms with E-state index in [1.54, 1.807) is 6.92 Å². The van der Waals surface area contributed by atoms with Gasteiger partial charge in [-0.1, -0.05) is 23.2 Å². The Morgan fingerprint density at radius 1 is 1.21 bits per heavy atom. The first-order valence-electron chi connectivity index (χ1n) is 7.90. The molecule has 0 atom stereocenters. The molecule has 0 radical (unpaired) electrons. The molecule has 2 aromatic carbocycles. The Bertz CT molecular complexity index is 953. The van der Waals surface area contributed by atoms with Crippen molar-refractivity contribution in [3.63, 3.8) is 0 Å². The fourth-order valence-corrected chi connectivity index (χ4v) is 2.75. The molecule has 29 heavy (non-hydrogen) atoms. The first-order valence-corrected chi connectivity index (χ1v) is 8.66. The van der Waals surface area contributed by atoms with Gasteiger partial charge in [-0.25, -0.2) is 4.79 Å². The number of nitrogens with zero attached hydrogens (tertiary/aromatic N) is 1. The molecular formula is C18H12Cl2F3NO5. The Balaban J connectivity index is 2.40. The summed E-state index contributed by atoms with van der Waals surface area (Å²) in [5.41, 5.74) is -1.39. The van der Waals surface area contributed by atoms with E-state index in [4.69, 9.17) is 32.7 Å². The van der Waals surface area contributed by atoms with Crippen molar-refractivity contribution in [2.45, 2.75) is 13.1 Å². The summed E-state index contributed by atoms with van der Waals surface area (Å²) in [6.07, 6.45) is -2.50. The quantitative estimate of drug-likeness (QED) is 0.224. The van der Waals surface area contributed by atoms with Crippen LogP contribution in [0, 0.1) is 10.1 Å². The van der Waals surface area contributed by atoms with Gasteiger partial charge in [0.05, 0.1) is 32.7 Å². The molecule has 0 N–H and O–H groups in total. The summed E-state index contributed by atoms with van der Waals surface area (Å²) in [7, 11) is 0. The van der Waals surface area contributed by atoms with Crippen molar-refractivity contribution in [1.29, 1.82) is 0 Å². The van der Waals surface area contributed by atoms with E-state index < -0.39 is 32.7 Å². The fourth-order valence-electron chi connectivity index (χ4n) is 2.18. The van der Waals surface area contributed by atoms with Crippen LogP contribution >= 0.6 is 23.2 Å². The zero-order valence-electron chi connectivity index (χ0n) is 14.6. The van der Waals surface area contributed by atoms with Crippen molar-refractivity contribution in [3.05, 3.63) is 67.7 Å². The third-order valence-corrected chi connectivity index (χ3v) is 3.99. The second-order valence-corrected chi connectivity index (χ2v) is 6.25. The molecule has 0 aliphatic heterocycles. The predicted molar refractivity (Wildman–Crippen MR) is 100 cm³/mol. The van der Waals surface area contributed by atoms with Crippen LogP contribution in [0.3, 0.4) is 0 Å². The lowest BCUT2D eigenvalue weighted by Gasteiger charge is -2.13. The highest BCUT2D eigenvalue weighted by atomic mass is 35.5. The van der Waals surface area contributed by atoms with Crippen LogP contribution in [-0.2, 0) is 15.7 Å². The highest BCUT2D eigenvalue weighted by Gasteiger charge is 2.32. The maximum absolute atomic E-state index is 12.8. The molecule has 0 heterocycles. The van der Waals surface area contributed by atoms with Gasteiger partial charge in [-0.2, -0.15) is 13.2 Å². The normalized spacial score (nSPS) is 11.5. The lowest BCUT2D eigenvalue weighted by molar-refractivity contribution is -0.385. The van der Waals surface area contributed by atoms with Crippen molar-refractivity contribution in [1.82, 2.24) is 0 Å². The number of nitro benzene ring substituents is 1. The van der Waals surface area contributed by atoms with Gasteiger partial charge in [0.15, 0.2) is 5.75 Å². The summed E-state index contributed by atoms with van der Waals surface area (Å²) in [6.45, 7) is 1.72. The molecule has 0 bridgehead atoms. The van der Waals surface area contributed by atoms with Gasteiger partial charge < -0.3 is 9.47 Å². The number of halogens is 5. The number of hydrogen-bond donors (Lipinski definition) is 0. The third-order valence-electron chi connectivity index (χ3n) is 3.43. The van der Waals surface area contributed by atoms with E-state index in [-0.39, 0.29) is 29.4 Å². The van der Waals surface area contributed by atoms with E-state index in [0.717, 1.165) is 18.2 Å². The third kappa shape index (κ3) is 5.85. The maximum atomic E-state index is 12.8. The maximum Gasteiger partial charge on any atom is 0.416 e. The minimum Gasteiger partial charge on any atom is -0.463 e. The molecule has 11 heteroatoms. The van der Waals surface area contributed by atoms with Gasteiger partial charge in [-0.05, 0) is 37.3 Å². The standard InChI is InChI=1S/C18H12Cl2F3NO5/c1-2-28-16(25)6-3-10-7-12(4-5-15(10)24(26)27)29-17-13(19)8-11(9-14(17)20)18(21,22)23/h3-9H,2H2,1H3/b6-3+. The molecule has 0 fully saturated rings. The van der Waals surface area contributed by atoms with Gasteiger partial charge in [-0.15, -0.1) is 0 Å². The summed E-state index contributed by atoms with van der Waals surface area (Å²) in [6, 6.07) is 4.82. The van der Waals surface area contributed by atoms with E-state index >= 15 is 0 Å². The minimum absolute atomic E-state index is 0.000269. The van der Waals surface area contributed by atoms with E-state index in [1.165, 1.54) is 12.1 Å². The Hall–Kier alpha value is -2.78. The number of nitro groups is 1. The number of esters is 1. The van der Waals surface area contributed by atoms with Crippen LogP contribution in [0.25, 0.3) is 6.08 Å². The van der Waals surface area contributed by atoms with Crippen molar-refractivity contribution in [3.8, 4) is 11.5 Å². The van der Waals surface area contributed by atoms with Crippen molar-refractivity contribution in [2.75, 3.05) is 6.61 Å². The van der Waals surface area contributed by atoms with E-state index in [2.05, 4.69) is 0 Å². The van der Waals surface area contributed by atoms with E-state index in [0.29, 0.717) is 12.1 Å². The van der Waals surface area contributed by atoms with Gasteiger partial charge >= 0.3 is 12.1 Å². The molecule has 0 saturated carbocycles. The number of benzene rings is 2. The number of carbonyl (C=O) groups excluding carboxylic acids is 1. The SMILES string of the molecule is CCOC(=O)/C=C/c1cc(Oc2c(Cl)cc(C(F)(F)F)cc2Cl)ccc1[N+](=O)[O-]. The lowest BCUT2D eigenvalue weighted by atomic mass is 10.1. The molecule has 0 aliphatic rings. The molecule has 2 aromatic rings. The summed E-state index contributed by atoms with van der Waals surface area (Å²) < 4.78 is 48.6. The smallest absolute Gasteiger partial charge is 0.416 e. The van der Waals surface area contributed by atoms with Crippen LogP contribution < -0.4 is 4.74 Å². The Labute approximate surface area is 172 Å². The molecule has 0 aliphatic carbocycles. The second kappa shape index (κ2) is 9.15. The molecule has 0 amide bonds. The summed E-state index contributed by atoms with van der Waals surface area (Å²) in [5.74, 6) is -0.958. The first kappa shape index (κ1) is 22.5. The van der Waals surface area contributed by atoms with Crippen molar-refractivity contribution in [2.24, 2.45) is 0 Å². The molecule has 6 nitrogen and oxygen atoms in total. The van der Waals surface area contributed by atoms with Crippen LogP contribution in [0.5, 0.6) is 11.5 Å². The molecule has 154 valence electrons.